The quantitative estimate of drug-likeness (QED) is 0.588. The molecule has 29 heavy (non-hydrogen) atoms. The average Bonchev–Trinajstić information content (AvgIpc) is 3.13. The van der Waals surface area contributed by atoms with E-state index in [9.17, 15) is 18.0 Å². The Hall–Kier alpha value is -2.52. The SMILES string of the molecule is CCS(=O)(=O)CCNC(=O)CCn1cnc2scc(-c3ccc(C)cc3)c2c1=O. The monoisotopic (exact) mass is 433 g/mol. The van der Waals surface area contributed by atoms with Crippen molar-refractivity contribution in [1.29, 1.82) is 0 Å². The number of sulfone groups is 1. The Morgan fingerprint density at radius 3 is 2.66 bits per heavy atom. The largest absolute Gasteiger partial charge is 0.355 e. The van der Waals surface area contributed by atoms with Crippen molar-refractivity contribution in [3.63, 3.8) is 0 Å². The first-order valence-electron chi connectivity index (χ1n) is 9.31. The Morgan fingerprint density at radius 1 is 1.24 bits per heavy atom. The molecule has 2 heterocycles. The number of rotatable bonds is 8. The van der Waals surface area contributed by atoms with Crippen LogP contribution in [0.2, 0.25) is 0 Å². The van der Waals surface area contributed by atoms with Crippen LogP contribution in [0, 0.1) is 6.92 Å². The summed E-state index contributed by atoms with van der Waals surface area (Å²) >= 11 is 1.42. The van der Waals surface area contributed by atoms with Crippen LogP contribution in [0.15, 0.2) is 40.8 Å². The molecule has 154 valence electrons. The maximum atomic E-state index is 13.0. The third-order valence-corrected chi connectivity index (χ3v) is 7.27. The van der Waals surface area contributed by atoms with E-state index in [1.54, 1.807) is 6.92 Å². The number of aryl methyl sites for hydroxylation is 2. The summed E-state index contributed by atoms with van der Waals surface area (Å²) < 4.78 is 24.4. The van der Waals surface area contributed by atoms with Gasteiger partial charge in [0.15, 0.2) is 9.84 Å². The van der Waals surface area contributed by atoms with Crippen LogP contribution in [-0.4, -0.2) is 41.9 Å². The average molecular weight is 434 g/mol. The van der Waals surface area contributed by atoms with Gasteiger partial charge in [-0.3, -0.25) is 14.2 Å². The zero-order valence-corrected chi connectivity index (χ0v) is 18.0. The minimum Gasteiger partial charge on any atom is -0.355 e. The second kappa shape index (κ2) is 8.87. The maximum absolute atomic E-state index is 13.0. The number of carbonyl (C=O) groups is 1. The van der Waals surface area contributed by atoms with Gasteiger partial charge in [-0.15, -0.1) is 11.3 Å². The topological polar surface area (TPSA) is 98.1 Å². The molecule has 3 rings (SSSR count). The summed E-state index contributed by atoms with van der Waals surface area (Å²) in [4.78, 5) is 30.0. The Bertz CT molecular complexity index is 1180. The van der Waals surface area contributed by atoms with Crippen LogP contribution in [-0.2, 0) is 21.2 Å². The van der Waals surface area contributed by atoms with Gasteiger partial charge in [-0.1, -0.05) is 36.8 Å². The molecule has 0 unspecified atom stereocenters. The molecule has 0 radical (unpaired) electrons. The van der Waals surface area contributed by atoms with Crippen LogP contribution >= 0.6 is 11.3 Å². The number of nitrogens with zero attached hydrogens (tertiary/aromatic N) is 2. The summed E-state index contributed by atoms with van der Waals surface area (Å²) in [5.74, 6) is -0.335. The van der Waals surface area contributed by atoms with E-state index in [0.717, 1.165) is 16.7 Å². The Kier molecular flexibility index (Phi) is 6.49. The fraction of sp³-hybridized carbons (Fsp3) is 0.350. The van der Waals surface area contributed by atoms with Crippen LogP contribution < -0.4 is 10.9 Å². The van der Waals surface area contributed by atoms with E-state index in [0.29, 0.717) is 10.2 Å². The molecule has 7 nitrogen and oxygen atoms in total. The second-order valence-electron chi connectivity index (χ2n) is 6.77. The summed E-state index contributed by atoms with van der Waals surface area (Å²) in [6.45, 7) is 3.83. The highest BCUT2D eigenvalue weighted by atomic mass is 32.2. The lowest BCUT2D eigenvalue weighted by atomic mass is 10.1. The number of hydrogen-bond acceptors (Lipinski definition) is 6. The first kappa shape index (κ1) is 21.2. The molecular formula is C20H23N3O4S2. The zero-order valence-electron chi connectivity index (χ0n) is 16.3. The van der Waals surface area contributed by atoms with Gasteiger partial charge in [-0.2, -0.15) is 0 Å². The highest BCUT2D eigenvalue weighted by Crippen LogP contribution is 2.30. The van der Waals surface area contributed by atoms with Gasteiger partial charge in [0.05, 0.1) is 17.5 Å². The van der Waals surface area contributed by atoms with E-state index in [4.69, 9.17) is 0 Å². The van der Waals surface area contributed by atoms with Gasteiger partial charge in [-0.25, -0.2) is 13.4 Å². The molecule has 0 aliphatic heterocycles. The normalized spacial score (nSPS) is 11.7. The van der Waals surface area contributed by atoms with Gasteiger partial charge < -0.3 is 5.32 Å². The fourth-order valence-electron chi connectivity index (χ4n) is 2.87. The van der Waals surface area contributed by atoms with Gasteiger partial charge >= 0.3 is 0 Å². The highest BCUT2D eigenvalue weighted by Gasteiger charge is 2.14. The molecule has 9 heteroatoms. The molecule has 0 bridgehead atoms. The second-order valence-corrected chi connectivity index (χ2v) is 10.1. The maximum Gasteiger partial charge on any atom is 0.262 e. The highest BCUT2D eigenvalue weighted by molar-refractivity contribution is 7.91. The lowest BCUT2D eigenvalue weighted by Crippen LogP contribution is -2.31. The number of thiophene rings is 1. The van der Waals surface area contributed by atoms with Crippen molar-refractivity contribution < 1.29 is 13.2 Å². The third-order valence-electron chi connectivity index (χ3n) is 4.68. The molecule has 2 aromatic heterocycles. The van der Waals surface area contributed by atoms with E-state index in [2.05, 4.69) is 10.3 Å². The van der Waals surface area contributed by atoms with Crippen LogP contribution in [0.1, 0.15) is 18.9 Å². The van der Waals surface area contributed by atoms with Gasteiger partial charge in [0, 0.05) is 36.2 Å². The first-order chi connectivity index (χ1) is 13.8. The van der Waals surface area contributed by atoms with E-state index >= 15 is 0 Å². The van der Waals surface area contributed by atoms with Crippen LogP contribution in [0.25, 0.3) is 21.3 Å². The van der Waals surface area contributed by atoms with Crippen LogP contribution in [0.4, 0.5) is 0 Å². The summed E-state index contributed by atoms with van der Waals surface area (Å²) in [6, 6.07) is 7.95. The minimum absolute atomic E-state index is 0.0495. The van der Waals surface area contributed by atoms with Crippen molar-refractivity contribution in [3.05, 3.63) is 51.9 Å². The molecule has 3 aromatic rings. The van der Waals surface area contributed by atoms with Crippen molar-refractivity contribution in [1.82, 2.24) is 14.9 Å². The van der Waals surface area contributed by atoms with Crippen molar-refractivity contribution in [2.24, 2.45) is 0 Å². The number of aromatic nitrogens is 2. The van der Waals surface area contributed by atoms with Gasteiger partial charge in [0.25, 0.3) is 5.56 Å². The molecule has 1 N–H and O–H groups in total. The Labute approximate surface area is 173 Å². The summed E-state index contributed by atoms with van der Waals surface area (Å²) in [5.41, 5.74) is 2.74. The number of benzene rings is 1. The van der Waals surface area contributed by atoms with Crippen molar-refractivity contribution in [3.8, 4) is 11.1 Å². The zero-order chi connectivity index (χ0) is 21.0. The number of fused-ring (bicyclic) bond motifs is 1. The fourth-order valence-corrected chi connectivity index (χ4v) is 4.48. The molecule has 0 saturated carbocycles. The lowest BCUT2D eigenvalue weighted by Gasteiger charge is -2.08. The number of amides is 1. The molecule has 1 amide bonds. The van der Waals surface area contributed by atoms with Crippen molar-refractivity contribution >= 4 is 37.3 Å². The molecule has 0 fully saturated rings. The van der Waals surface area contributed by atoms with Gasteiger partial charge in [-0.05, 0) is 12.5 Å². The van der Waals surface area contributed by atoms with E-state index < -0.39 is 9.84 Å². The van der Waals surface area contributed by atoms with Crippen molar-refractivity contribution in [2.45, 2.75) is 26.8 Å². The van der Waals surface area contributed by atoms with Crippen LogP contribution in [0.3, 0.4) is 0 Å². The Morgan fingerprint density at radius 2 is 1.97 bits per heavy atom. The standard InChI is InChI=1S/C20H23N3O4S2/c1-3-29(26,27)11-9-21-17(24)8-10-23-13-22-19-18(20(23)25)16(12-28-19)15-6-4-14(2)5-7-15/h4-7,12-13H,3,8-11H2,1-2H3,(H,21,24). The molecule has 0 spiro atoms. The van der Waals surface area contributed by atoms with E-state index in [1.807, 2.05) is 36.6 Å². The molecule has 0 saturated heterocycles. The molecule has 0 atom stereocenters. The minimum atomic E-state index is -3.12. The molecule has 0 aliphatic carbocycles. The van der Waals surface area contributed by atoms with Gasteiger partial charge in [0.1, 0.15) is 4.83 Å². The predicted molar refractivity (Wildman–Crippen MR) is 116 cm³/mol. The van der Waals surface area contributed by atoms with Crippen LogP contribution in [0.5, 0.6) is 0 Å². The lowest BCUT2D eigenvalue weighted by molar-refractivity contribution is -0.121. The molecule has 1 aromatic carbocycles. The van der Waals surface area contributed by atoms with E-state index in [-0.39, 0.29) is 42.5 Å². The molecule has 0 aliphatic rings. The third kappa shape index (κ3) is 5.10. The van der Waals surface area contributed by atoms with Crippen molar-refractivity contribution in [2.75, 3.05) is 18.1 Å². The molecular weight excluding hydrogens is 410 g/mol. The number of nitrogens with one attached hydrogen (secondary N) is 1. The van der Waals surface area contributed by atoms with E-state index in [1.165, 1.54) is 22.2 Å². The number of carbonyl (C=O) groups excluding carboxylic acids is 1. The number of hydrogen-bond donors (Lipinski definition) is 1. The smallest absolute Gasteiger partial charge is 0.262 e. The summed E-state index contributed by atoms with van der Waals surface area (Å²) in [6.07, 6.45) is 1.53. The first-order valence-corrected chi connectivity index (χ1v) is 12.0. The summed E-state index contributed by atoms with van der Waals surface area (Å²) in [7, 11) is -3.12. The Balaban J connectivity index is 1.73. The van der Waals surface area contributed by atoms with Gasteiger partial charge in [0.2, 0.25) is 5.91 Å². The summed E-state index contributed by atoms with van der Waals surface area (Å²) in [5, 5.41) is 5.06. The predicted octanol–water partition coefficient (Wildman–Crippen LogP) is 2.37.